The Kier molecular flexibility index (Phi) is 4.37. The molecule has 0 fully saturated rings. The largest absolute Gasteiger partial charge is 0.351 e. The zero-order chi connectivity index (χ0) is 14.5. The van der Waals surface area contributed by atoms with Crippen LogP contribution in [0.2, 0.25) is 0 Å². The highest BCUT2D eigenvalue weighted by atomic mass is 32.1. The van der Waals surface area contributed by atoms with Gasteiger partial charge in [-0.25, -0.2) is 9.97 Å². The molecule has 0 spiro atoms. The predicted octanol–water partition coefficient (Wildman–Crippen LogP) is 2.44. The molecule has 0 atom stereocenters. The molecule has 3 heterocycles. The van der Waals surface area contributed by atoms with E-state index in [0.29, 0.717) is 6.54 Å². The summed E-state index contributed by atoms with van der Waals surface area (Å²) in [6.45, 7) is 2.31. The van der Waals surface area contributed by atoms with Gasteiger partial charge in [0.05, 0.1) is 10.2 Å². The van der Waals surface area contributed by atoms with Gasteiger partial charge in [-0.05, 0) is 36.0 Å². The zero-order valence-corrected chi connectivity index (χ0v) is 12.5. The van der Waals surface area contributed by atoms with Crippen LogP contribution >= 0.6 is 11.3 Å². The molecule has 3 aromatic heterocycles. The number of nitrogens with two attached hydrogens (primary N) is 1. The number of aromatic nitrogens is 3. The van der Waals surface area contributed by atoms with Gasteiger partial charge in [-0.15, -0.1) is 11.3 Å². The third kappa shape index (κ3) is 3.17. The summed E-state index contributed by atoms with van der Waals surface area (Å²) in [6.07, 6.45) is 6.23. The molecule has 0 aliphatic rings. The van der Waals surface area contributed by atoms with Crippen molar-refractivity contribution in [1.82, 2.24) is 15.0 Å². The van der Waals surface area contributed by atoms with Crippen LogP contribution in [-0.2, 0) is 6.54 Å². The van der Waals surface area contributed by atoms with Crippen molar-refractivity contribution in [1.29, 1.82) is 0 Å². The summed E-state index contributed by atoms with van der Waals surface area (Å²) in [4.78, 5) is 15.2. The summed E-state index contributed by atoms with van der Waals surface area (Å²) in [5, 5.41) is 2.05. The van der Waals surface area contributed by atoms with Crippen LogP contribution in [0.3, 0.4) is 0 Å². The van der Waals surface area contributed by atoms with E-state index in [2.05, 4.69) is 25.9 Å². The Hall–Kier alpha value is -2.05. The van der Waals surface area contributed by atoms with Crippen molar-refractivity contribution in [2.75, 3.05) is 18.0 Å². The van der Waals surface area contributed by atoms with Crippen molar-refractivity contribution < 1.29 is 0 Å². The Balaban J connectivity index is 1.93. The monoisotopic (exact) mass is 299 g/mol. The quantitative estimate of drug-likeness (QED) is 0.757. The summed E-state index contributed by atoms with van der Waals surface area (Å²) in [6, 6.07) is 6.06. The molecule has 0 aromatic carbocycles. The second-order valence-electron chi connectivity index (χ2n) is 4.76. The van der Waals surface area contributed by atoms with E-state index >= 15 is 0 Å². The van der Waals surface area contributed by atoms with Gasteiger partial charge >= 0.3 is 0 Å². The van der Waals surface area contributed by atoms with Crippen molar-refractivity contribution >= 4 is 27.4 Å². The normalized spacial score (nSPS) is 10.9. The molecule has 0 radical (unpaired) electrons. The average molecular weight is 299 g/mol. The molecular formula is C15H17N5S. The van der Waals surface area contributed by atoms with Crippen LogP contribution in [0.15, 0.2) is 42.3 Å². The van der Waals surface area contributed by atoms with Crippen LogP contribution in [0.1, 0.15) is 12.0 Å². The minimum absolute atomic E-state index is 0.669. The highest BCUT2D eigenvalue weighted by Gasteiger charge is 2.13. The number of nitrogens with zero attached hydrogens (tertiary/aromatic N) is 4. The van der Waals surface area contributed by atoms with Crippen LogP contribution < -0.4 is 10.6 Å². The van der Waals surface area contributed by atoms with Gasteiger partial charge in [0.2, 0.25) is 0 Å². The molecule has 0 aliphatic carbocycles. The minimum atomic E-state index is 0.669. The zero-order valence-electron chi connectivity index (χ0n) is 11.6. The van der Waals surface area contributed by atoms with Gasteiger partial charge < -0.3 is 10.6 Å². The molecule has 0 saturated carbocycles. The molecule has 0 bridgehead atoms. The molecule has 108 valence electrons. The summed E-state index contributed by atoms with van der Waals surface area (Å²) in [5.41, 5.74) is 7.83. The molecule has 0 unspecified atom stereocenters. The van der Waals surface area contributed by atoms with Gasteiger partial charge in [-0.1, -0.05) is 6.07 Å². The van der Waals surface area contributed by atoms with Crippen molar-refractivity contribution in [3.8, 4) is 0 Å². The first kappa shape index (κ1) is 13.9. The fourth-order valence-electron chi connectivity index (χ4n) is 2.26. The molecule has 2 N–H and O–H groups in total. The number of hydrogen-bond acceptors (Lipinski definition) is 6. The second-order valence-corrected chi connectivity index (χ2v) is 5.67. The minimum Gasteiger partial charge on any atom is -0.351 e. The van der Waals surface area contributed by atoms with E-state index in [1.165, 1.54) is 0 Å². The molecule has 6 heteroatoms. The van der Waals surface area contributed by atoms with E-state index in [1.807, 2.05) is 23.7 Å². The molecule has 3 rings (SSSR count). The maximum Gasteiger partial charge on any atom is 0.150 e. The highest BCUT2D eigenvalue weighted by Crippen LogP contribution is 2.28. The summed E-state index contributed by atoms with van der Waals surface area (Å²) in [7, 11) is 0. The number of thiophene rings is 1. The van der Waals surface area contributed by atoms with E-state index in [-0.39, 0.29) is 0 Å². The third-order valence-corrected chi connectivity index (χ3v) is 4.15. The van der Waals surface area contributed by atoms with Crippen LogP contribution in [0.25, 0.3) is 10.2 Å². The number of hydrogen-bond donors (Lipinski definition) is 1. The number of anilines is 1. The Labute approximate surface area is 127 Å². The summed E-state index contributed by atoms with van der Waals surface area (Å²) >= 11 is 1.67. The van der Waals surface area contributed by atoms with Crippen molar-refractivity contribution in [3.63, 3.8) is 0 Å². The maximum absolute atomic E-state index is 5.67. The van der Waals surface area contributed by atoms with Gasteiger partial charge in [0.1, 0.15) is 12.1 Å². The van der Waals surface area contributed by atoms with Gasteiger partial charge in [-0.3, -0.25) is 4.98 Å². The van der Waals surface area contributed by atoms with Gasteiger partial charge in [0.25, 0.3) is 0 Å². The van der Waals surface area contributed by atoms with Gasteiger partial charge in [-0.2, -0.15) is 0 Å². The highest BCUT2D eigenvalue weighted by molar-refractivity contribution is 7.17. The Bertz CT molecular complexity index is 697. The van der Waals surface area contributed by atoms with Crippen molar-refractivity contribution in [2.45, 2.75) is 13.0 Å². The van der Waals surface area contributed by atoms with Crippen LogP contribution in [-0.4, -0.2) is 28.0 Å². The standard InChI is InChI=1S/C15H17N5S/c16-5-2-7-20(10-12-3-1-6-17-9-12)15-14-13(4-8-21-14)18-11-19-15/h1,3-4,6,8-9,11H,2,5,7,10,16H2. The fourth-order valence-corrected chi connectivity index (χ4v) is 3.12. The van der Waals surface area contributed by atoms with E-state index in [0.717, 1.165) is 41.1 Å². The lowest BCUT2D eigenvalue weighted by Crippen LogP contribution is -2.26. The van der Waals surface area contributed by atoms with Gasteiger partial charge in [0, 0.05) is 25.5 Å². The first-order chi connectivity index (χ1) is 10.4. The van der Waals surface area contributed by atoms with Crippen LogP contribution in [0.4, 0.5) is 5.82 Å². The van der Waals surface area contributed by atoms with Crippen LogP contribution in [0.5, 0.6) is 0 Å². The molecule has 3 aromatic rings. The maximum atomic E-state index is 5.67. The lowest BCUT2D eigenvalue weighted by Gasteiger charge is -2.23. The smallest absolute Gasteiger partial charge is 0.150 e. The molecule has 0 amide bonds. The molecule has 21 heavy (non-hydrogen) atoms. The molecular weight excluding hydrogens is 282 g/mol. The van der Waals surface area contributed by atoms with Crippen molar-refractivity contribution in [2.24, 2.45) is 5.73 Å². The average Bonchev–Trinajstić information content (AvgIpc) is 3.01. The number of pyridine rings is 1. The third-order valence-electron chi connectivity index (χ3n) is 3.25. The Morgan fingerprint density at radius 2 is 2.19 bits per heavy atom. The van der Waals surface area contributed by atoms with Crippen molar-refractivity contribution in [3.05, 3.63) is 47.9 Å². The van der Waals surface area contributed by atoms with Gasteiger partial charge in [0.15, 0.2) is 0 Å². The fraction of sp³-hybridized carbons (Fsp3) is 0.267. The van der Waals surface area contributed by atoms with E-state index in [4.69, 9.17) is 5.73 Å². The van der Waals surface area contributed by atoms with E-state index in [9.17, 15) is 0 Å². The first-order valence-corrected chi connectivity index (χ1v) is 7.78. The lowest BCUT2D eigenvalue weighted by atomic mass is 10.2. The Morgan fingerprint density at radius 3 is 3.00 bits per heavy atom. The molecule has 0 aliphatic heterocycles. The molecule has 5 nitrogen and oxygen atoms in total. The summed E-state index contributed by atoms with van der Waals surface area (Å²) in [5.74, 6) is 0.979. The lowest BCUT2D eigenvalue weighted by molar-refractivity contribution is 0.727. The van der Waals surface area contributed by atoms with E-state index < -0.39 is 0 Å². The number of rotatable bonds is 6. The predicted molar refractivity (Wildman–Crippen MR) is 86.4 cm³/mol. The summed E-state index contributed by atoms with van der Waals surface area (Å²) < 4.78 is 1.12. The second kappa shape index (κ2) is 6.60. The Morgan fingerprint density at radius 1 is 1.24 bits per heavy atom. The molecule has 0 saturated heterocycles. The first-order valence-electron chi connectivity index (χ1n) is 6.90. The topological polar surface area (TPSA) is 67.9 Å². The number of fused-ring (bicyclic) bond motifs is 1. The SMILES string of the molecule is NCCCN(Cc1cccnc1)c1ncnc2ccsc12. The van der Waals surface area contributed by atoms with E-state index in [1.54, 1.807) is 23.9 Å². The van der Waals surface area contributed by atoms with Crippen LogP contribution in [0, 0.1) is 0 Å².